The quantitative estimate of drug-likeness (QED) is 0.817. The lowest BCUT2D eigenvalue weighted by molar-refractivity contribution is -0.137. The Morgan fingerprint density at radius 3 is 2.58 bits per heavy atom. The number of alkyl halides is 3. The Morgan fingerprint density at radius 2 is 2.11 bits per heavy atom. The molecule has 1 aromatic carbocycles. The molecule has 0 spiro atoms. The molecule has 3 nitrogen and oxygen atoms in total. The van der Waals surface area contributed by atoms with Crippen molar-refractivity contribution in [2.24, 2.45) is 5.73 Å². The first-order valence-electron chi connectivity index (χ1n) is 5.73. The van der Waals surface area contributed by atoms with Gasteiger partial charge in [-0.1, -0.05) is 12.2 Å². The van der Waals surface area contributed by atoms with Crippen molar-refractivity contribution in [3.8, 4) is 0 Å². The third-order valence-electron chi connectivity index (χ3n) is 3.10. The average molecular weight is 290 g/mol. The molecule has 0 saturated carbocycles. The highest BCUT2D eigenvalue weighted by Crippen LogP contribution is 2.34. The van der Waals surface area contributed by atoms with E-state index in [1.54, 1.807) is 0 Å². The number of nitrogens with two attached hydrogens (primary N) is 1. The second-order valence-electron chi connectivity index (χ2n) is 4.48. The van der Waals surface area contributed by atoms with Crippen LogP contribution in [0.1, 0.15) is 17.5 Å². The van der Waals surface area contributed by atoms with E-state index in [2.05, 4.69) is 12.2 Å². The number of halogens is 3. The Labute approximate surface area is 113 Å². The topological polar surface area (TPSA) is 49.5 Å². The van der Waals surface area contributed by atoms with Gasteiger partial charge >= 0.3 is 6.18 Å². The molecule has 1 aromatic rings. The Morgan fingerprint density at radius 1 is 1.42 bits per heavy atom. The highest BCUT2D eigenvalue weighted by Gasteiger charge is 2.34. The number of β-amino-alcohol motifs (C(OH)–C–C–N with tert-alkyl or cyclic N) is 1. The molecular formula is C12H13F3N2OS. The minimum Gasteiger partial charge on any atom is -0.391 e. The molecule has 1 heterocycles. The first-order chi connectivity index (χ1) is 8.79. The molecule has 1 atom stereocenters. The molecule has 3 N–H and O–H groups in total. The largest absolute Gasteiger partial charge is 0.417 e. The fraction of sp³-hybridized carbons (Fsp3) is 0.417. The number of rotatable bonds is 2. The van der Waals surface area contributed by atoms with E-state index in [-0.39, 0.29) is 10.6 Å². The first kappa shape index (κ1) is 14.1. The summed E-state index contributed by atoms with van der Waals surface area (Å²) in [5.41, 5.74) is 4.95. The van der Waals surface area contributed by atoms with Crippen LogP contribution < -0.4 is 10.6 Å². The number of nitrogens with zero attached hydrogens (tertiary/aromatic N) is 1. The van der Waals surface area contributed by atoms with Crippen LogP contribution in [0.2, 0.25) is 0 Å². The number of hydrogen-bond acceptors (Lipinski definition) is 3. The van der Waals surface area contributed by atoms with E-state index in [0.717, 1.165) is 6.07 Å². The van der Waals surface area contributed by atoms with Crippen LogP contribution in [0, 0.1) is 0 Å². The third kappa shape index (κ3) is 2.98. The Kier molecular flexibility index (Phi) is 3.69. The molecule has 19 heavy (non-hydrogen) atoms. The fourth-order valence-corrected chi connectivity index (χ4v) is 2.33. The summed E-state index contributed by atoms with van der Waals surface area (Å²) >= 11 is 4.69. The molecular weight excluding hydrogens is 277 g/mol. The van der Waals surface area contributed by atoms with Gasteiger partial charge in [0.25, 0.3) is 0 Å². The number of aliphatic hydroxyl groups excluding tert-OH is 1. The highest BCUT2D eigenvalue weighted by atomic mass is 32.1. The number of anilines is 1. The van der Waals surface area contributed by atoms with Crippen LogP contribution in [0.4, 0.5) is 18.9 Å². The summed E-state index contributed by atoms with van der Waals surface area (Å²) in [7, 11) is 0. The predicted octanol–water partition coefficient (Wildman–Crippen LogP) is 1.91. The van der Waals surface area contributed by atoms with Crippen molar-refractivity contribution in [1.29, 1.82) is 0 Å². The molecule has 0 amide bonds. The molecule has 7 heteroatoms. The molecule has 0 bridgehead atoms. The van der Waals surface area contributed by atoms with Gasteiger partial charge in [-0.3, -0.25) is 0 Å². The predicted molar refractivity (Wildman–Crippen MR) is 70.2 cm³/mol. The van der Waals surface area contributed by atoms with Gasteiger partial charge in [0.15, 0.2) is 0 Å². The highest BCUT2D eigenvalue weighted by molar-refractivity contribution is 7.80. The van der Waals surface area contributed by atoms with E-state index in [4.69, 9.17) is 5.73 Å². The minimum atomic E-state index is -4.48. The molecule has 104 valence electrons. The Hall–Kier alpha value is -1.34. The van der Waals surface area contributed by atoms with Crippen LogP contribution in [0.3, 0.4) is 0 Å². The lowest BCUT2D eigenvalue weighted by Crippen LogP contribution is -2.23. The molecule has 1 aliphatic heterocycles. The number of benzene rings is 1. The minimum absolute atomic E-state index is 0.179. The van der Waals surface area contributed by atoms with E-state index in [1.807, 2.05) is 4.90 Å². The van der Waals surface area contributed by atoms with Gasteiger partial charge in [-0.2, -0.15) is 13.2 Å². The normalized spacial score (nSPS) is 19.8. The van der Waals surface area contributed by atoms with Crippen molar-refractivity contribution in [3.63, 3.8) is 0 Å². The van der Waals surface area contributed by atoms with Gasteiger partial charge in [-0.25, -0.2) is 0 Å². The second-order valence-corrected chi connectivity index (χ2v) is 4.92. The maximum absolute atomic E-state index is 12.8. The van der Waals surface area contributed by atoms with Crippen LogP contribution >= 0.6 is 12.2 Å². The van der Waals surface area contributed by atoms with Gasteiger partial charge in [-0.05, 0) is 24.6 Å². The Balaban J connectivity index is 2.39. The lowest BCUT2D eigenvalue weighted by Gasteiger charge is -2.20. The second kappa shape index (κ2) is 4.97. The van der Waals surface area contributed by atoms with Crippen molar-refractivity contribution in [2.45, 2.75) is 18.7 Å². The zero-order valence-electron chi connectivity index (χ0n) is 9.94. The van der Waals surface area contributed by atoms with Crippen molar-refractivity contribution in [1.82, 2.24) is 0 Å². The number of hydrogen-bond donors (Lipinski definition) is 2. The molecule has 0 aromatic heterocycles. The van der Waals surface area contributed by atoms with Crippen LogP contribution in [0.15, 0.2) is 18.2 Å². The van der Waals surface area contributed by atoms with E-state index in [1.165, 1.54) is 12.1 Å². The molecule has 1 fully saturated rings. The monoisotopic (exact) mass is 290 g/mol. The molecule has 1 aliphatic rings. The number of thiocarbonyl (C=S) groups is 1. The summed E-state index contributed by atoms with van der Waals surface area (Å²) in [6, 6.07) is 3.69. The standard InChI is InChI=1S/C12H13F3N2OS/c13-12(14,15)10-2-1-7(5-9(10)11(16)19)17-4-3-8(18)6-17/h1-2,5,8,18H,3-4,6H2,(H2,16,19). The molecule has 0 aliphatic carbocycles. The van der Waals surface area contributed by atoms with E-state index < -0.39 is 17.8 Å². The van der Waals surface area contributed by atoms with E-state index in [0.29, 0.717) is 25.2 Å². The average Bonchev–Trinajstić information content (AvgIpc) is 2.74. The van der Waals surface area contributed by atoms with Crippen molar-refractivity contribution >= 4 is 22.9 Å². The number of aliphatic hydroxyl groups is 1. The van der Waals surface area contributed by atoms with Crippen molar-refractivity contribution in [3.05, 3.63) is 29.3 Å². The van der Waals surface area contributed by atoms with Crippen LogP contribution in [0.5, 0.6) is 0 Å². The molecule has 1 unspecified atom stereocenters. The van der Waals surface area contributed by atoms with Gasteiger partial charge in [0.05, 0.1) is 11.7 Å². The van der Waals surface area contributed by atoms with Crippen molar-refractivity contribution < 1.29 is 18.3 Å². The molecule has 0 radical (unpaired) electrons. The van der Waals surface area contributed by atoms with Crippen LogP contribution in [0.25, 0.3) is 0 Å². The summed E-state index contributed by atoms with van der Waals surface area (Å²) in [4.78, 5) is 1.53. The maximum Gasteiger partial charge on any atom is 0.417 e. The van der Waals surface area contributed by atoms with Gasteiger partial charge in [0, 0.05) is 24.3 Å². The van der Waals surface area contributed by atoms with Gasteiger partial charge in [0.1, 0.15) is 4.99 Å². The van der Waals surface area contributed by atoms with Gasteiger partial charge in [-0.15, -0.1) is 0 Å². The molecule has 1 saturated heterocycles. The van der Waals surface area contributed by atoms with Crippen molar-refractivity contribution in [2.75, 3.05) is 18.0 Å². The summed E-state index contributed by atoms with van der Waals surface area (Å²) in [5.74, 6) is 0. The zero-order valence-corrected chi connectivity index (χ0v) is 10.8. The summed E-state index contributed by atoms with van der Waals surface area (Å²) in [6.07, 6.45) is -4.33. The summed E-state index contributed by atoms with van der Waals surface area (Å²) in [6.45, 7) is 1.01. The Bertz CT molecular complexity index is 504. The van der Waals surface area contributed by atoms with Crippen LogP contribution in [-0.4, -0.2) is 29.3 Å². The first-order valence-corrected chi connectivity index (χ1v) is 6.14. The van der Waals surface area contributed by atoms with Gasteiger partial charge < -0.3 is 15.7 Å². The maximum atomic E-state index is 12.8. The van der Waals surface area contributed by atoms with E-state index >= 15 is 0 Å². The van der Waals surface area contributed by atoms with E-state index in [9.17, 15) is 18.3 Å². The SMILES string of the molecule is NC(=S)c1cc(N2CCC(O)C2)ccc1C(F)(F)F. The molecule has 2 rings (SSSR count). The lowest BCUT2D eigenvalue weighted by atomic mass is 10.1. The zero-order chi connectivity index (χ0) is 14.2. The summed E-state index contributed by atoms with van der Waals surface area (Å²) < 4.78 is 38.4. The third-order valence-corrected chi connectivity index (χ3v) is 3.32. The van der Waals surface area contributed by atoms with Crippen LogP contribution in [-0.2, 0) is 6.18 Å². The smallest absolute Gasteiger partial charge is 0.391 e. The summed E-state index contributed by atoms with van der Waals surface area (Å²) in [5, 5.41) is 9.45. The fourth-order valence-electron chi connectivity index (χ4n) is 2.16. The van der Waals surface area contributed by atoms with Gasteiger partial charge in [0.2, 0.25) is 0 Å².